The van der Waals surface area contributed by atoms with E-state index in [1.54, 1.807) is 0 Å². The van der Waals surface area contributed by atoms with E-state index in [-0.39, 0.29) is 29.7 Å². The van der Waals surface area contributed by atoms with Crippen LogP contribution in [-0.4, -0.2) is 0 Å². The van der Waals surface area contributed by atoms with Crippen LogP contribution < -0.4 is 0 Å². The molecule has 0 aliphatic heterocycles. The highest BCUT2D eigenvalue weighted by atomic mass is 16.3. The zero-order valence-corrected chi connectivity index (χ0v) is 28.5. The lowest BCUT2D eigenvalue weighted by molar-refractivity contribution is 0.670. The molecular formula is C52H32O. The summed E-state index contributed by atoms with van der Waals surface area (Å²) in [6, 6.07) is 55.1. The fourth-order valence-corrected chi connectivity index (χ4v) is 8.57. The molecule has 11 rings (SSSR count). The SMILES string of the molecule is [2H]c1c([2H])c([2H])c(-c2c3ccccc3c(-c3ccc4oc5c(-c6c7ccccc7c(-c7ccccc7)c7ccccc67)cccc5c4c3)c3ccccc23)c([2H])c1[2H]. The molecule has 0 aliphatic carbocycles. The summed E-state index contributed by atoms with van der Waals surface area (Å²) in [7, 11) is 0. The van der Waals surface area contributed by atoms with Gasteiger partial charge in [-0.3, -0.25) is 0 Å². The molecule has 53 heavy (non-hydrogen) atoms. The lowest BCUT2D eigenvalue weighted by atomic mass is 9.85. The molecule has 0 amide bonds. The minimum Gasteiger partial charge on any atom is -0.455 e. The smallest absolute Gasteiger partial charge is 0.143 e. The predicted octanol–water partition coefficient (Wildman–Crippen LogP) is 14.9. The van der Waals surface area contributed by atoms with Crippen LogP contribution in [0.3, 0.4) is 0 Å². The summed E-state index contributed by atoms with van der Waals surface area (Å²) in [5.41, 5.74) is 8.99. The van der Waals surface area contributed by atoms with Crippen LogP contribution in [0.1, 0.15) is 6.85 Å². The fraction of sp³-hybridized carbons (Fsp3) is 0. The predicted molar refractivity (Wildman–Crippen MR) is 225 cm³/mol. The Bertz CT molecular complexity index is 3370. The van der Waals surface area contributed by atoms with E-state index in [1.165, 1.54) is 21.9 Å². The van der Waals surface area contributed by atoms with Crippen LogP contribution in [-0.2, 0) is 0 Å². The Hall–Kier alpha value is -6.96. The average molecular weight is 678 g/mol. The second-order valence-electron chi connectivity index (χ2n) is 13.5. The maximum Gasteiger partial charge on any atom is 0.143 e. The van der Waals surface area contributed by atoms with Crippen molar-refractivity contribution in [2.75, 3.05) is 0 Å². The number of hydrogen-bond acceptors (Lipinski definition) is 1. The molecule has 0 atom stereocenters. The van der Waals surface area contributed by atoms with Gasteiger partial charge in [0.2, 0.25) is 0 Å². The van der Waals surface area contributed by atoms with E-state index in [4.69, 9.17) is 11.3 Å². The van der Waals surface area contributed by atoms with E-state index in [0.29, 0.717) is 5.56 Å². The van der Waals surface area contributed by atoms with Gasteiger partial charge in [0.05, 0.1) is 6.85 Å². The molecule has 1 aromatic heterocycles. The quantitative estimate of drug-likeness (QED) is 0.169. The van der Waals surface area contributed by atoms with Crippen LogP contribution in [0.25, 0.3) is 110 Å². The van der Waals surface area contributed by atoms with Crippen molar-refractivity contribution < 1.29 is 11.3 Å². The first-order valence-corrected chi connectivity index (χ1v) is 17.9. The van der Waals surface area contributed by atoms with Gasteiger partial charge in [-0.15, -0.1) is 0 Å². The molecule has 0 aliphatic rings. The van der Waals surface area contributed by atoms with Crippen LogP contribution in [0.4, 0.5) is 0 Å². The zero-order chi connectivity index (χ0) is 39.2. The summed E-state index contributed by atoms with van der Waals surface area (Å²) in [5, 5.41) is 10.2. The summed E-state index contributed by atoms with van der Waals surface area (Å²) < 4.78 is 49.9. The highest BCUT2D eigenvalue weighted by Crippen LogP contribution is 2.48. The third-order valence-corrected chi connectivity index (χ3v) is 10.7. The van der Waals surface area contributed by atoms with Gasteiger partial charge in [0.1, 0.15) is 11.2 Å². The zero-order valence-electron chi connectivity index (χ0n) is 33.5. The molecule has 0 saturated heterocycles. The van der Waals surface area contributed by atoms with Crippen LogP contribution in [0.5, 0.6) is 0 Å². The Kier molecular flexibility index (Phi) is 5.58. The van der Waals surface area contributed by atoms with Gasteiger partial charge < -0.3 is 4.42 Å². The molecule has 0 bridgehead atoms. The molecule has 246 valence electrons. The van der Waals surface area contributed by atoms with Gasteiger partial charge in [0.15, 0.2) is 0 Å². The van der Waals surface area contributed by atoms with Crippen molar-refractivity contribution in [3.05, 3.63) is 194 Å². The molecule has 0 fully saturated rings. The molecule has 1 heterocycles. The molecule has 1 nitrogen and oxygen atoms in total. The Morgan fingerprint density at radius 3 is 1.32 bits per heavy atom. The average Bonchev–Trinajstić information content (AvgIpc) is 3.65. The highest BCUT2D eigenvalue weighted by Gasteiger charge is 2.21. The van der Waals surface area contributed by atoms with Gasteiger partial charge in [0.25, 0.3) is 0 Å². The molecule has 0 N–H and O–H groups in total. The van der Waals surface area contributed by atoms with E-state index in [1.807, 2.05) is 36.4 Å². The molecule has 0 spiro atoms. The van der Waals surface area contributed by atoms with Crippen molar-refractivity contribution in [3.8, 4) is 44.5 Å². The lowest BCUT2D eigenvalue weighted by Gasteiger charge is -2.17. The monoisotopic (exact) mass is 677 g/mol. The number of hydrogen-bond donors (Lipinski definition) is 0. The standard InChI is InChI=1S/C52H32O/c1-3-16-33(17-4-1)48-36-20-7-9-22-38(36)50(39-23-10-8-21-37(39)48)35-30-31-47-46(32-35)44-28-15-29-45(52(44)53-47)51-42-26-13-11-24-40(42)49(34-18-5-2-6-19-34)41-25-12-14-27-43(41)51/h1-32H/i1D,3D,4D,16D,17D. The van der Waals surface area contributed by atoms with E-state index >= 15 is 0 Å². The van der Waals surface area contributed by atoms with E-state index < -0.39 is 6.04 Å². The van der Waals surface area contributed by atoms with Gasteiger partial charge in [-0.05, 0) is 88.6 Å². The van der Waals surface area contributed by atoms with Crippen LogP contribution in [0.15, 0.2) is 198 Å². The summed E-state index contributed by atoms with van der Waals surface area (Å²) in [6.07, 6.45) is 0. The first kappa shape index (κ1) is 25.1. The largest absolute Gasteiger partial charge is 0.455 e. The first-order valence-electron chi connectivity index (χ1n) is 20.4. The van der Waals surface area contributed by atoms with Gasteiger partial charge in [-0.25, -0.2) is 0 Å². The molecule has 0 saturated carbocycles. The summed E-state index contributed by atoms with van der Waals surface area (Å²) in [5.74, 6) is 0. The van der Waals surface area contributed by atoms with Gasteiger partial charge in [-0.2, -0.15) is 0 Å². The third kappa shape index (κ3) is 4.51. The molecule has 1 heteroatoms. The lowest BCUT2D eigenvalue weighted by Crippen LogP contribution is -1.91. The number of para-hydroxylation sites is 1. The molecular weight excluding hydrogens is 641 g/mol. The highest BCUT2D eigenvalue weighted by molar-refractivity contribution is 6.25. The molecule has 10 aromatic carbocycles. The Morgan fingerprint density at radius 2 is 0.774 bits per heavy atom. The van der Waals surface area contributed by atoms with Crippen LogP contribution in [0.2, 0.25) is 0 Å². The first-order chi connectivity index (χ1) is 28.4. The topological polar surface area (TPSA) is 13.1 Å². The number of furan rings is 1. The fourth-order valence-electron chi connectivity index (χ4n) is 8.57. The Morgan fingerprint density at radius 1 is 0.321 bits per heavy atom. The molecule has 0 radical (unpaired) electrons. The Balaban J connectivity index is 1.18. The van der Waals surface area contributed by atoms with Crippen LogP contribution in [0, 0.1) is 0 Å². The summed E-state index contributed by atoms with van der Waals surface area (Å²) in [6.45, 7) is 0. The molecule has 11 aromatic rings. The van der Waals surface area contributed by atoms with Crippen molar-refractivity contribution in [1.29, 1.82) is 0 Å². The van der Waals surface area contributed by atoms with Crippen molar-refractivity contribution in [3.63, 3.8) is 0 Å². The van der Waals surface area contributed by atoms with E-state index in [0.717, 1.165) is 76.5 Å². The Labute approximate surface area is 314 Å². The molecule has 0 unspecified atom stereocenters. The number of fused-ring (bicyclic) bond motifs is 7. The second-order valence-corrected chi connectivity index (χ2v) is 13.5. The van der Waals surface area contributed by atoms with Crippen molar-refractivity contribution >= 4 is 65.0 Å². The van der Waals surface area contributed by atoms with Crippen molar-refractivity contribution in [2.45, 2.75) is 0 Å². The normalized spacial score (nSPS) is 13.1. The maximum atomic E-state index is 8.93. The van der Waals surface area contributed by atoms with Crippen molar-refractivity contribution in [1.82, 2.24) is 0 Å². The number of rotatable bonds is 4. The van der Waals surface area contributed by atoms with E-state index in [2.05, 4.69) is 127 Å². The second kappa shape index (κ2) is 11.8. The minimum absolute atomic E-state index is 0.200. The van der Waals surface area contributed by atoms with Gasteiger partial charge in [0, 0.05) is 21.9 Å². The van der Waals surface area contributed by atoms with Gasteiger partial charge >= 0.3 is 0 Å². The van der Waals surface area contributed by atoms with Crippen molar-refractivity contribution in [2.24, 2.45) is 0 Å². The summed E-state index contributed by atoms with van der Waals surface area (Å²) >= 11 is 0. The number of benzene rings is 10. The van der Waals surface area contributed by atoms with Crippen LogP contribution >= 0.6 is 0 Å². The summed E-state index contributed by atoms with van der Waals surface area (Å²) in [4.78, 5) is 0. The third-order valence-electron chi connectivity index (χ3n) is 10.7. The van der Waals surface area contributed by atoms with Gasteiger partial charge in [-0.1, -0.05) is 182 Å². The maximum absolute atomic E-state index is 8.93. The minimum atomic E-state index is -0.404. The van der Waals surface area contributed by atoms with E-state index in [9.17, 15) is 0 Å².